The predicted molar refractivity (Wildman–Crippen MR) is 136 cm³/mol. The molecule has 0 bridgehead atoms. The quantitative estimate of drug-likeness (QED) is 0.315. The van der Waals surface area contributed by atoms with Crippen molar-refractivity contribution in [1.82, 2.24) is 14.7 Å². The van der Waals surface area contributed by atoms with E-state index in [2.05, 4.69) is 0 Å². The molecule has 34 heavy (non-hydrogen) atoms. The molecule has 0 radical (unpaired) electrons. The Morgan fingerprint density at radius 2 is 1.62 bits per heavy atom. The number of para-hydroxylation sites is 1. The third kappa shape index (κ3) is 5.04. The molecule has 0 aliphatic carbocycles. The van der Waals surface area contributed by atoms with Gasteiger partial charge in [0.25, 0.3) is 5.91 Å². The Balaban J connectivity index is 1.77. The lowest BCUT2D eigenvalue weighted by Gasteiger charge is -2.27. The van der Waals surface area contributed by atoms with Crippen molar-refractivity contribution >= 4 is 5.91 Å². The smallest absolute Gasteiger partial charge is 0.254 e. The standard InChI is InChI=1S/C29H31N3O2/c1-20(2)31(28(33)24-16-14-21(3)15-17-24)19-27-23(5)30-32(25-11-7-6-8-12-25)29(27)34-26-13-9-10-22(4)18-26/h6-18,20H,19H2,1-5H3. The lowest BCUT2D eigenvalue weighted by molar-refractivity contribution is 0.0689. The molecule has 0 saturated carbocycles. The van der Waals surface area contributed by atoms with Crippen molar-refractivity contribution in [3.63, 3.8) is 0 Å². The van der Waals surface area contributed by atoms with Gasteiger partial charge < -0.3 is 9.64 Å². The molecule has 4 rings (SSSR count). The highest BCUT2D eigenvalue weighted by atomic mass is 16.5. The van der Waals surface area contributed by atoms with E-state index in [0.717, 1.165) is 33.8 Å². The number of aromatic nitrogens is 2. The van der Waals surface area contributed by atoms with Gasteiger partial charge in [-0.3, -0.25) is 4.79 Å². The molecule has 174 valence electrons. The Bertz CT molecular complexity index is 1270. The van der Waals surface area contributed by atoms with Crippen molar-refractivity contribution in [3.8, 4) is 17.3 Å². The zero-order valence-electron chi connectivity index (χ0n) is 20.4. The molecule has 1 amide bonds. The number of hydrogen-bond acceptors (Lipinski definition) is 3. The number of benzene rings is 3. The van der Waals surface area contributed by atoms with Gasteiger partial charge in [0, 0.05) is 11.6 Å². The molecule has 0 fully saturated rings. The van der Waals surface area contributed by atoms with Crippen molar-refractivity contribution in [2.75, 3.05) is 0 Å². The first-order chi connectivity index (χ1) is 16.3. The number of amides is 1. The first-order valence-electron chi connectivity index (χ1n) is 11.6. The van der Waals surface area contributed by atoms with Gasteiger partial charge >= 0.3 is 0 Å². The Morgan fingerprint density at radius 3 is 2.26 bits per heavy atom. The SMILES string of the molecule is Cc1ccc(C(=O)N(Cc2c(C)nn(-c3ccccc3)c2Oc2cccc(C)c2)C(C)C)cc1. The fourth-order valence-electron chi connectivity index (χ4n) is 3.88. The topological polar surface area (TPSA) is 47.4 Å². The van der Waals surface area contributed by atoms with E-state index in [1.807, 2.05) is 123 Å². The van der Waals surface area contributed by atoms with Crippen molar-refractivity contribution < 1.29 is 9.53 Å². The van der Waals surface area contributed by atoms with Gasteiger partial charge in [0.05, 0.1) is 23.5 Å². The van der Waals surface area contributed by atoms with E-state index < -0.39 is 0 Å². The Labute approximate surface area is 201 Å². The molecule has 0 N–H and O–H groups in total. The molecule has 0 saturated heterocycles. The lowest BCUT2D eigenvalue weighted by Crippen LogP contribution is -2.36. The van der Waals surface area contributed by atoms with Gasteiger partial charge in [0.15, 0.2) is 0 Å². The fourth-order valence-corrected chi connectivity index (χ4v) is 3.88. The highest BCUT2D eigenvalue weighted by Gasteiger charge is 2.26. The van der Waals surface area contributed by atoms with Gasteiger partial charge in [0.1, 0.15) is 5.75 Å². The normalized spacial score (nSPS) is 11.0. The molecule has 5 nitrogen and oxygen atoms in total. The van der Waals surface area contributed by atoms with Crippen LogP contribution in [0.3, 0.4) is 0 Å². The summed E-state index contributed by atoms with van der Waals surface area (Å²) in [7, 11) is 0. The average Bonchev–Trinajstić information content (AvgIpc) is 3.12. The van der Waals surface area contributed by atoms with Crippen molar-refractivity contribution in [2.45, 2.75) is 47.2 Å². The zero-order valence-corrected chi connectivity index (χ0v) is 20.4. The van der Waals surface area contributed by atoms with Crippen LogP contribution in [-0.4, -0.2) is 26.6 Å². The molecule has 0 aliphatic rings. The second-order valence-corrected chi connectivity index (χ2v) is 8.93. The second kappa shape index (κ2) is 9.96. The van der Waals surface area contributed by atoms with Crippen LogP contribution in [0.5, 0.6) is 11.6 Å². The van der Waals surface area contributed by atoms with E-state index in [0.29, 0.717) is 18.0 Å². The van der Waals surface area contributed by atoms with Crippen LogP contribution in [0.2, 0.25) is 0 Å². The van der Waals surface area contributed by atoms with E-state index in [1.165, 1.54) is 0 Å². The minimum Gasteiger partial charge on any atom is -0.439 e. The van der Waals surface area contributed by atoms with Crippen LogP contribution in [0.25, 0.3) is 5.69 Å². The summed E-state index contributed by atoms with van der Waals surface area (Å²) >= 11 is 0. The molecule has 5 heteroatoms. The van der Waals surface area contributed by atoms with Crippen LogP contribution in [0.4, 0.5) is 0 Å². The van der Waals surface area contributed by atoms with Crippen LogP contribution in [0.1, 0.15) is 46.6 Å². The summed E-state index contributed by atoms with van der Waals surface area (Å²) in [5.74, 6) is 1.35. The molecule has 0 aliphatic heterocycles. The van der Waals surface area contributed by atoms with Crippen molar-refractivity contribution in [1.29, 1.82) is 0 Å². The van der Waals surface area contributed by atoms with Gasteiger partial charge in [-0.05, 0) is 76.6 Å². The minimum atomic E-state index is -0.0108. The zero-order chi connectivity index (χ0) is 24.2. The van der Waals surface area contributed by atoms with Gasteiger partial charge in [0.2, 0.25) is 5.88 Å². The number of aryl methyl sites for hydroxylation is 3. The van der Waals surface area contributed by atoms with E-state index in [4.69, 9.17) is 9.84 Å². The molecule has 0 spiro atoms. The summed E-state index contributed by atoms with van der Waals surface area (Å²) in [5.41, 5.74) is 5.53. The van der Waals surface area contributed by atoms with Crippen molar-refractivity contribution in [2.24, 2.45) is 0 Å². The average molecular weight is 454 g/mol. The number of nitrogens with zero attached hydrogens (tertiary/aromatic N) is 3. The van der Waals surface area contributed by atoms with Gasteiger partial charge in [-0.15, -0.1) is 0 Å². The highest BCUT2D eigenvalue weighted by molar-refractivity contribution is 5.94. The van der Waals surface area contributed by atoms with Gasteiger partial charge in [-0.2, -0.15) is 5.10 Å². The second-order valence-electron chi connectivity index (χ2n) is 8.93. The maximum Gasteiger partial charge on any atom is 0.254 e. The number of carbonyl (C=O) groups excluding carboxylic acids is 1. The fraction of sp³-hybridized carbons (Fsp3) is 0.241. The largest absolute Gasteiger partial charge is 0.439 e. The molecule has 1 aromatic heterocycles. The first-order valence-corrected chi connectivity index (χ1v) is 11.6. The summed E-state index contributed by atoms with van der Waals surface area (Å²) in [4.78, 5) is 15.3. The van der Waals surface area contributed by atoms with Crippen LogP contribution in [0.15, 0.2) is 78.9 Å². The highest BCUT2D eigenvalue weighted by Crippen LogP contribution is 2.32. The predicted octanol–water partition coefficient (Wildman–Crippen LogP) is 6.64. The molecular weight excluding hydrogens is 422 g/mol. The summed E-state index contributed by atoms with van der Waals surface area (Å²) in [5, 5.41) is 4.81. The minimum absolute atomic E-state index is 0.0000908. The Morgan fingerprint density at radius 1 is 0.912 bits per heavy atom. The maximum atomic E-state index is 13.5. The van der Waals surface area contributed by atoms with Gasteiger partial charge in [-0.25, -0.2) is 4.68 Å². The van der Waals surface area contributed by atoms with Gasteiger partial charge in [-0.1, -0.05) is 48.0 Å². The number of carbonyl (C=O) groups is 1. The Kier molecular flexibility index (Phi) is 6.82. The maximum absolute atomic E-state index is 13.5. The number of hydrogen-bond donors (Lipinski definition) is 0. The van der Waals surface area contributed by atoms with Crippen LogP contribution < -0.4 is 4.74 Å². The summed E-state index contributed by atoms with van der Waals surface area (Å²) in [6.07, 6.45) is 0. The number of ether oxygens (including phenoxy) is 1. The third-order valence-electron chi connectivity index (χ3n) is 5.85. The van der Waals surface area contributed by atoms with Crippen LogP contribution >= 0.6 is 0 Å². The first kappa shape index (κ1) is 23.3. The summed E-state index contributed by atoms with van der Waals surface area (Å²) in [6, 6.07) is 25.6. The monoisotopic (exact) mass is 453 g/mol. The Hall–Kier alpha value is -3.86. The van der Waals surface area contributed by atoms with E-state index >= 15 is 0 Å². The molecule has 1 heterocycles. The van der Waals surface area contributed by atoms with E-state index in [-0.39, 0.29) is 11.9 Å². The van der Waals surface area contributed by atoms with Crippen LogP contribution in [-0.2, 0) is 6.54 Å². The summed E-state index contributed by atoms with van der Waals surface area (Å²) in [6.45, 7) is 10.5. The van der Waals surface area contributed by atoms with E-state index in [1.54, 1.807) is 0 Å². The molecular formula is C29H31N3O2. The summed E-state index contributed by atoms with van der Waals surface area (Å²) < 4.78 is 8.26. The van der Waals surface area contributed by atoms with Crippen molar-refractivity contribution in [3.05, 3.63) is 107 Å². The lowest BCUT2D eigenvalue weighted by atomic mass is 10.1. The molecule has 0 unspecified atom stereocenters. The molecule has 0 atom stereocenters. The van der Waals surface area contributed by atoms with Crippen LogP contribution in [0, 0.1) is 20.8 Å². The molecule has 4 aromatic rings. The van der Waals surface area contributed by atoms with E-state index in [9.17, 15) is 4.79 Å². The molecule has 3 aromatic carbocycles. The third-order valence-corrected chi connectivity index (χ3v) is 5.85. The number of rotatable bonds is 7.